The molecule has 21 rings (SSSR count). The van der Waals surface area contributed by atoms with E-state index in [1.165, 1.54) is 161 Å². The lowest BCUT2D eigenvalue weighted by atomic mass is 9.33. The van der Waals surface area contributed by atoms with Gasteiger partial charge in [-0.2, -0.15) is 0 Å². The van der Waals surface area contributed by atoms with Crippen molar-refractivity contribution in [3.05, 3.63) is 416 Å². The lowest BCUT2D eigenvalue weighted by Crippen LogP contribution is -2.62. The summed E-state index contributed by atoms with van der Waals surface area (Å²) in [5.74, 6) is 0.0113. The minimum absolute atomic E-state index is 0.0113. The number of allylic oxidation sites excluding steroid dienone is 7. The zero-order chi connectivity index (χ0) is 71.3. The summed E-state index contributed by atoms with van der Waals surface area (Å²) in [6.07, 6.45) is 12.2. The Balaban J connectivity index is 0.889. The zero-order valence-electron chi connectivity index (χ0n) is 59.9. The summed E-state index contributed by atoms with van der Waals surface area (Å²) in [6.45, 7) is 2.11. The zero-order valence-corrected chi connectivity index (χ0v) is 59.9. The van der Waals surface area contributed by atoms with E-state index in [4.69, 9.17) is 0 Å². The highest BCUT2D eigenvalue weighted by atomic mass is 15.2. The first-order valence-corrected chi connectivity index (χ1v) is 38.0. The van der Waals surface area contributed by atoms with E-state index in [0.29, 0.717) is 0 Å². The van der Waals surface area contributed by atoms with Crippen LogP contribution in [0.3, 0.4) is 0 Å². The number of anilines is 5. The van der Waals surface area contributed by atoms with Crippen molar-refractivity contribution >= 4 is 112 Å². The smallest absolute Gasteiger partial charge is 0.252 e. The van der Waals surface area contributed by atoms with Crippen LogP contribution in [-0.2, 0) is 0 Å². The molecular formula is C103H73BN4. The lowest BCUT2D eigenvalue weighted by Gasteiger charge is -2.47. The molecule has 2 aliphatic heterocycles. The largest absolute Gasteiger partial charge is 0.310 e. The molecule has 0 N–H and O–H groups in total. The number of hydrogen-bond donors (Lipinski definition) is 0. The maximum Gasteiger partial charge on any atom is 0.252 e. The van der Waals surface area contributed by atoms with E-state index in [1.807, 2.05) is 0 Å². The van der Waals surface area contributed by atoms with Crippen molar-refractivity contribution in [1.29, 1.82) is 0 Å². The molecule has 17 aromatic rings. The second kappa shape index (κ2) is 26.0. The van der Waals surface area contributed by atoms with Gasteiger partial charge in [0.1, 0.15) is 0 Å². The average molecular weight is 1380 g/mol. The molecule has 508 valence electrons. The van der Waals surface area contributed by atoms with Crippen LogP contribution in [-0.4, -0.2) is 15.8 Å². The highest BCUT2D eigenvalue weighted by Crippen LogP contribution is 2.54. The molecule has 2 aliphatic carbocycles. The van der Waals surface area contributed by atoms with Crippen molar-refractivity contribution in [2.75, 3.05) is 9.80 Å². The van der Waals surface area contributed by atoms with E-state index < -0.39 is 0 Å². The molecule has 0 saturated heterocycles. The number of hydrogen-bond acceptors (Lipinski definition) is 2. The Morgan fingerprint density at radius 2 is 0.769 bits per heavy atom. The van der Waals surface area contributed by atoms with E-state index in [0.717, 1.165) is 53.3 Å². The van der Waals surface area contributed by atoms with E-state index in [-0.39, 0.29) is 12.6 Å². The molecule has 0 spiro atoms. The van der Waals surface area contributed by atoms with Crippen LogP contribution in [0.15, 0.2) is 388 Å². The third kappa shape index (κ3) is 10.4. The SMILES string of the molecule is Cc1cc2c3c(c1)N(c1c(-c4cccc(-c5ccccc5)c4)cccc1C1C=CC=C(c4ccccc4)C1)c1cc(-n4c5ccccc5c5ccccc54)ccc1B3c1ccc(-n3c4ccccc4c4ccccc43)cc1N2C1=C(c2cccc(-c3ccccc3)c2)CCC=C1c1cccc(-c2ccccc2)c1. The minimum Gasteiger partial charge on any atom is -0.310 e. The summed E-state index contributed by atoms with van der Waals surface area (Å²) < 4.78 is 5.02. The highest BCUT2D eigenvalue weighted by Gasteiger charge is 2.46. The second-order valence-corrected chi connectivity index (χ2v) is 29.4. The summed E-state index contributed by atoms with van der Waals surface area (Å²) in [6, 6.07) is 135. The lowest BCUT2D eigenvalue weighted by molar-refractivity contribution is 0.866. The van der Waals surface area contributed by atoms with Crippen LogP contribution < -0.4 is 26.2 Å². The molecule has 15 aromatic carbocycles. The van der Waals surface area contributed by atoms with Crippen LogP contribution in [0.4, 0.5) is 28.4 Å². The molecule has 5 heteroatoms. The van der Waals surface area contributed by atoms with E-state index in [2.05, 4.69) is 408 Å². The number of rotatable bonds is 12. The van der Waals surface area contributed by atoms with Crippen molar-refractivity contribution in [2.45, 2.75) is 32.1 Å². The number of nitrogens with zero attached hydrogens (tertiary/aromatic N) is 4. The molecule has 108 heavy (non-hydrogen) atoms. The molecule has 0 radical (unpaired) electrons. The fraction of sp³-hybridized carbons (Fsp3) is 0.0485. The minimum atomic E-state index is -0.227. The number of aromatic nitrogens is 2. The Kier molecular flexibility index (Phi) is 15.2. The first-order chi connectivity index (χ1) is 53.5. The van der Waals surface area contributed by atoms with Gasteiger partial charge in [-0.15, -0.1) is 0 Å². The molecule has 4 aliphatic rings. The Bertz CT molecular complexity index is 6500. The van der Waals surface area contributed by atoms with E-state index >= 15 is 0 Å². The molecule has 0 fully saturated rings. The van der Waals surface area contributed by atoms with Gasteiger partial charge >= 0.3 is 0 Å². The van der Waals surface area contributed by atoms with Crippen LogP contribution in [0, 0.1) is 6.92 Å². The van der Waals surface area contributed by atoms with Crippen molar-refractivity contribution in [3.63, 3.8) is 0 Å². The topological polar surface area (TPSA) is 16.3 Å². The van der Waals surface area contributed by atoms with Gasteiger partial charge in [-0.3, -0.25) is 0 Å². The predicted octanol–water partition coefficient (Wildman–Crippen LogP) is 25.0. The number of fused-ring (bicyclic) bond motifs is 10. The maximum atomic E-state index is 2.76. The third-order valence-electron chi connectivity index (χ3n) is 23.2. The molecule has 1 unspecified atom stereocenters. The fourth-order valence-electron chi connectivity index (χ4n) is 18.4. The normalized spacial score (nSPS) is 14.5. The van der Waals surface area contributed by atoms with Crippen molar-refractivity contribution in [2.24, 2.45) is 0 Å². The van der Waals surface area contributed by atoms with Gasteiger partial charge in [-0.25, -0.2) is 0 Å². The van der Waals surface area contributed by atoms with Crippen LogP contribution >= 0.6 is 0 Å². The third-order valence-corrected chi connectivity index (χ3v) is 23.2. The average Bonchev–Trinajstić information content (AvgIpc) is 0.746. The van der Waals surface area contributed by atoms with Crippen LogP contribution in [0.5, 0.6) is 0 Å². The van der Waals surface area contributed by atoms with Gasteiger partial charge in [0, 0.05) is 72.7 Å². The van der Waals surface area contributed by atoms with E-state index in [9.17, 15) is 0 Å². The standard InChI is InChI=1S/C103H73BN4/c1-68-60-99-101-100(61-68)108(103-85(79-42-24-38-75(64-79)71-32-10-4-11-33-71)50-27-51-86(103)80-43-25-39-76(65-80)72-34-12-5-13-35-72)98-67-82(106-95-54-20-16-46-89(95)90-47-17-21-55-96(90)106)57-59-92(98)104(101)91-58-56-81(105-93-52-18-14-44-87(93)88-45-15-19-53-94(88)105)66-97(91)107(99)102-83(77-40-22-36-73(62-77)69-28-6-2-7-29-69)48-26-49-84(102)78-41-23-37-74(63-78)70-30-8-3-9-31-70/h2-26,28-50,52-62,64-67,78H,27,51,63H2,1H3. The molecule has 0 bridgehead atoms. The fourth-order valence-corrected chi connectivity index (χ4v) is 18.4. The van der Waals surface area contributed by atoms with Crippen molar-refractivity contribution < 1.29 is 0 Å². The molecule has 2 aromatic heterocycles. The quantitative estimate of drug-likeness (QED) is 0.113. The summed E-state index contributed by atoms with van der Waals surface area (Å²) in [5, 5.41) is 4.93. The summed E-state index contributed by atoms with van der Waals surface area (Å²) >= 11 is 0. The Labute approximate surface area is 630 Å². The maximum absolute atomic E-state index is 2.76. The Morgan fingerprint density at radius 1 is 0.343 bits per heavy atom. The molecular weight excluding hydrogens is 1300 g/mol. The summed E-state index contributed by atoms with van der Waals surface area (Å²) in [4.78, 5) is 5.50. The van der Waals surface area contributed by atoms with Crippen LogP contribution in [0.25, 0.3) is 116 Å². The van der Waals surface area contributed by atoms with Crippen molar-refractivity contribution in [3.8, 4) is 55.9 Å². The van der Waals surface area contributed by atoms with Gasteiger partial charge < -0.3 is 18.9 Å². The van der Waals surface area contributed by atoms with Gasteiger partial charge in [0.2, 0.25) is 0 Å². The molecule has 0 amide bonds. The van der Waals surface area contributed by atoms with Crippen molar-refractivity contribution in [1.82, 2.24) is 9.13 Å². The molecule has 4 nitrogen and oxygen atoms in total. The number of aryl methyl sites for hydroxylation is 1. The Morgan fingerprint density at radius 3 is 1.31 bits per heavy atom. The van der Waals surface area contributed by atoms with Gasteiger partial charge in [0.25, 0.3) is 6.71 Å². The Hall–Kier alpha value is -13.5. The monoisotopic (exact) mass is 1380 g/mol. The molecule has 0 saturated carbocycles. The van der Waals surface area contributed by atoms with Gasteiger partial charge in [0.15, 0.2) is 0 Å². The van der Waals surface area contributed by atoms with Gasteiger partial charge in [-0.1, -0.05) is 303 Å². The molecule has 1 atom stereocenters. The number of para-hydroxylation sites is 5. The predicted molar refractivity (Wildman–Crippen MR) is 457 cm³/mol. The highest BCUT2D eigenvalue weighted by molar-refractivity contribution is 7.00. The summed E-state index contributed by atoms with van der Waals surface area (Å²) in [7, 11) is 0. The van der Waals surface area contributed by atoms with Gasteiger partial charge in [0.05, 0.1) is 33.5 Å². The first-order valence-electron chi connectivity index (χ1n) is 38.0. The second-order valence-electron chi connectivity index (χ2n) is 29.4. The van der Waals surface area contributed by atoms with E-state index in [1.54, 1.807) is 0 Å². The van der Waals surface area contributed by atoms with Crippen LogP contribution in [0.2, 0.25) is 0 Å². The summed E-state index contributed by atoms with van der Waals surface area (Å²) in [5.41, 5.74) is 37.0. The van der Waals surface area contributed by atoms with Gasteiger partial charge in [-0.05, 0) is 199 Å². The first kappa shape index (κ1) is 63.0. The number of benzene rings is 15. The molecule has 4 heterocycles. The van der Waals surface area contributed by atoms with Crippen LogP contribution in [0.1, 0.15) is 53.0 Å².